The molecule has 3 rings (SSSR count). The van der Waals surface area contributed by atoms with Crippen LogP contribution in [0.25, 0.3) is 0 Å². The number of nitriles is 1. The Balaban J connectivity index is 2.16. The number of aromatic nitrogens is 2. The molecule has 0 radical (unpaired) electrons. The zero-order valence-electron chi connectivity index (χ0n) is 11.0. The zero-order chi connectivity index (χ0) is 14.1. The minimum Gasteiger partial charge on any atom is -0.472 e. The van der Waals surface area contributed by atoms with E-state index >= 15 is 0 Å². The van der Waals surface area contributed by atoms with E-state index in [1.165, 1.54) is 0 Å². The normalized spacial score (nSPS) is 21.1. The van der Waals surface area contributed by atoms with Crippen LogP contribution in [0, 0.1) is 22.7 Å². The average Bonchev–Trinajstić information content (AvgIpc) is 3.08. The van der Waals surface area contributed by atoms with Gasteiger partial charge in [-0.3, -0.25) is 10.5 Å². The minimum absolute atomic E-state index is 0.0688. The number of fused-ring (bicyclic) bond motifs is 1. The SMILES string of the molecule is CCCc1[nH]nc2c1[C@@H](c1ccoc1)[C@@H](C#N)C(=N)O2. The maximum absolute atomic E-state index is 9.38. The topological polar surface area (TPSA) is 98.7 Å². The molecule has 1 aliphatic rings. The first-order valence-electron chi connectivity index (χ1n) is 6.51. The summed E-state index contributed by atoms with van der Waals surface area (Å²) < 4.78 is 10.5. The molecule has 0 aromatic carbocycles. The van der Waals surface area contributed by atoms with E-state index in [0.29, 0.717) is 5.88 Å². The second-order valence-corrected chi connectivity index (χ2v) is 4.78. The standard InChI is InChI=1S/C14H14N4O2/c1-2-3-10-12-11(8-4-5-19-7-8)9(6-15)13(16)20-14(12)18-17-10/h4-5,7,9,11,16H,2-3H2,1H3,(H,17,18)/t9-,11+/m1/s1. The highest BCUT2D eigenvalue weighted by atomic mass is 16.5. The third-order valence-electron chi connectivity index (χ3n) is 3.52. The van der Waals surface area contributed by atoms with E-state index in [0.717, 1.165) is 29.7 Å². The lowest BCUT2D eigenvalue weighted by atomic mass is 9.80. The molecule has 0 unspecified atom stereocenters. The van der Waals surface area contributed by atoms with Crippen LogP contribution in [0.1, 0.15) is 36.1 Å². The zero-order valence-corrected chi connectivity index (χ0v) is 11.0. The molecule has 0 saturated carbocycles. The monoisotopic (exact) mass is 270 g/mol. The van der Waals surface area contributed by atoms with Crippen molar-refractivity contribution in [2.45, 2.75) is 25.7 Å². The van der Waals surface area contributed by atoms with Gasteiger partial charge in [-0.05, 0) is 18.1 Å². The van der Waals surface area contributed by atoms with Gasteiger partial charge in [-0.25, -0.2) is 0 Å². The Morgan fingerprint density at radius 3 is 3.05 bits per heavy atom. The van der Waals surface area contributed by atoms with Crippen LogP contribution in [-0.4, -0.2) is 16.1 Å². The van der Waals surface area contributed by atoms with Crippen molar-refractivity contribution in [3.8, 4) is 11.9 Å². The van der Waals surface area contributed by atoms with Gasteiger partial charge < -0.3 is 9.15 Å². The Morgan fingerprint density at radius 2 is 2.40 bits per heavy atom. The Hall–Kier alpha value is -2.55. The Kier molecular flexibility index (Phi) is 3.03. The van der Waals surface area contributed by atoms with Crippen molar-refractivity contribution in [2.75, 3.05) is 0 Å². The number of aromatic amines is 1. The summed E-state index contributed by atoms with van der Waals surface area (Å²) in [6.45, 7) is 2.08. The van der Waals surface area contributed by atoms with Gasteiger partial charge in [0.05, 0.1) is 18.6 Å². The molecule has 2 aromatic rings. The molecule has 2 aromatic heterocycles. The van der Waals surface area contributed by atoms with Crippen molar-refractivity contribution in [3.63, 3.8) is 0 Å². The summed E-state index contributed by atoms with van der Waals surface area (Å²) >= 11 is 0. The van der Waals surface area contributed by atoms with Crippen molar-refractivity contribution in [2.24, 2.45) is 5.92 Å². The van der Waals surface area contributed by atoms with Crippen molar-refractivity contribution < 1.29 is 9.15 Å². The lowest BCUT2D eigenvalue weighted by Crippen LogP contribution is -2.30. The van der Waals surface area contributed by atoms with Gasteiger partial charge in [0.15, 0.2) is 0 Å². The molecule has 0 aliphatic carbocycles. The molecular weight excluding hydrogens is 256 g/mol. The largest absolute Gasteiger partial charge is 0.472 e. The van der Waals surface area contributed by atoms with Gasteiger partial charge >= 0.3 is 0 Å². The van der Waals surface area contributed by atoms with Gasteiger partial charge in [-0.2, -0.15) is 5.26 Å². The second-order valence-electron chi connectivity index (χ2n) is 4.78. The number of furan rings is 1. The first-order valence-corrected chi connectivity index (χ1v) is 6.51. The number of aryl methyl sites for hydroxylation is 1. The number of rotatable bonds is 3. The van der Waals surface area contributed by atoms with Crippen molar-refractivity contribution in [3.05, 3.63) is 35.4 Å². The molecule has 1 aliphatic heterocycles. The maximum atomic E-state index is 9.38. The highest BCUT2D eigenvalue weighted by molar-refractivity contribution is 5.84. The molecule has 3 heterocycles. The van der Waals surface area contributed by atoms with Crippen LogP contribution in [0.2, 0.25) is 0 Å². The summed E-state index contributed by atoms with van der Waals surface area (Å²) in [5, 5.41) is 24.4. The lowest BCUT2D eigenvalue weighted by molar-refractivity contribution is 0.434. The Morgan fingerprint density at radius 1 is 1.55 bits per heavy atom. The highest BCUT2D eigenvalue weighted by Crippen LogP contribution is 2.43. The molecule has 0 amide bonds. The molecule has 0 bridgehead atoms. The number of nitrogens with zero attached hydrogens (tertiary/aromatic N) is 2. The van der Waals surface area contributed by atoms with E-state index in [-0.39, 0.29) is 11.8 Å². The van der Waals surface area contributed by atoms with Crippen LogP contribution in [0.15, 0.2) is 23.0 Å². The molecule has 6 nitrogen and oxygen atoms in total. The predicted octanol–water partition coefficient (Wildman–Crippen LogP) is 2.60. The molecule has 0 saturated heterocycles. The first-order chi connectivity index (χ1) is 9.76. The number of ether oxygens (including phenoxy) is 1. The minimum atomic E-state index is -0.659. The molecular formula is C14H14N4O2. The van der Waals surface area contributed by atoms with Crippen molar-refractivity contribution >= 4 is 5.90 Å². The van der Waals surface area contributed by atoms with Crippen LogP contribution >= 0.6 is 0 Å². The fraction of sp³-hybridized carbons (Fsp3) is 0.357. The second kappa shape index (κ2) is 4.85. The summed E-state index contributed by atoms with van der Waals surface area (Å²) in [6.07, 6.45) is 4.97. The van der Waals surface area contributed by atoms with Crippen LogP contribution in [0.4, 0.5) is 0 Å². The number of nitrogens with one attached hydrogen (secondary N) is 2. The molecule has 0 spiro atoms. The van der Waals surface area contributed by atoms with Gasteiger partial charge in [0, 0.05) is 17.2 Å². The molecule has 2 N–H and O–H groups in total. The van der Waals surface area contributed by atoms with Gasteiger partial charge in [0.1, 0.15) is 5.92 Å². The highest BCUT2D eigenvalue weighted by Gasteiger charge is 2.40. The van der Waals surface area contributed by atoms with E-state index in [9.17, 15) is 5.26 Å². The van der Waals surface area contributed by atoms with E-state index in [4.69, 9.17) is 14.6 Å². The molecule has 2 atom stereocenters. The fourth-order valence-corrected chi connectivity index (χ4v) is 2.64. The summed E-state index contributed by atoms with van der Waals surface area (Å²) in [5.41, 5.74) is 2.70. The number of hydrogen-bond acceptors (Lipinski definition) is 5. The fourth-order valence-electron chi connectivity index (χ4n) is 2.64. The van der Waals surface area contributed by atoms with E-state index in [1.807, 2.05) is 6.07 Å². The van der Waals surface area contributed by atoms with Crippen LogP contribution < -0.4 is 4.74 Å². The summed E-state index contributed by atoms with van der Waals surface area (Å²) in [6, 6.07) is 3.98. The van der Waals surface area contributed by atoms with E-state index in [2.05, 4.69) is 23.2 Å². The van der Waals surface area contributed by atoms with Crippen LogP contribution in [0.3, 0.4) is 0 Å². The molecule has 102 valence electrons. The van der Waals surface area contributed by atoms with Crippen molar-refractivity contribution in [1.29, 1.82) is 10.7 Å². The summed E-state index contributed by atoms with van der Waals surface area (Å²) in [5.74, 6) is -0.597. The first kappa shape index (κ1) is 12.5. The number of hydrogen-bond donors (Lipinski definition) is 2. The Bertz CT molecular complexity index is 666. The van der Waals surface area contributed by atoms with Gasteiger partial charge in [0.25, 0.3) is 0 Å². The molecule has 20 heavy (non-hydrogen) atoms. The third-order valence-corrected chi connectivity index (χ3v) is 3.52. The molecule has 6 heteroatoms. The van der Waals surface area contributed by atoms with Gasteiger partial charge in [-0.1, -0.05) is 13.3 Å². The quantitative estimate of drug-likeness (QED) is 0.895. The van der Waals surface area contributed by atoms with Gasteiger partial charge in [-0.15, -0.1) is 5.10 Å². The summed E-state index contributed by atoms with van der Waals surface area (Å²) in [7, 11) is 0. The van der Waals surface area contributed by atoms with Crippen molar-refractivity contribution in [1.82, 2.24) is 10.2 Å². The van der Waals surface area contributed by atoms with Gasteiger partial charge in [0.2, 0.25) is 11.8 Å². The predicted molar refractivity (Wildman–Crippen MR) is 70.6 cm³/mol. The summed E-state index contributed by atoms with van der Waals surface area (Å²) in [4.78, 5) is 0. The smallest absolute Gasteiger partial charge is 0.243 e. The average molecular weight is 270 g/mol. The van der Waals surface area contributed by atoms with Crippen LogP contribution in [-0.2, 0) is 6.42 Å². The Labute approximate surface area is 115 Å². The lowest BCUT2D eigenvalue weighted by Gasteiger charge is -2.26. The molecule has 0 fully saturated rings. The van der Waals surface area contributed by atoms with Crippen LogP contribution in [0.5, 0.6) is 5.88 Å². The maximum Gasteiger partial charge on any atom is 0.243 e. The number of H-pyrrole nitrogens is 1. The van der Waals surface area contributed by atoms with E-state index < -0.39 is 5.92 Å². The van der Waals surface area contributed by atoms with E-state index in [1.54, 1.807) is 12.5 Å². The third kappa shape index (κ3) is 1.79.